The number of carbonyl (C=O) groups is 3. The summed E-state index contributed by atoms with van der Waals surface area (Å²) in [6, 6.07) is 11.1. The zero-order chi connectivity index (χ0) is 19.1. The molecule has 0 spiro atoms. The number of halogens is 2. The molecule has 0 atom stereocenters. The van der Waals surface area contributed by atoms with E-state index >= 15 is 0 Å². The van der Waals surface area contributed by atoms with Crippen LogP contribution in [0.25, 0.3) is 0 Å². The highest BCUT2D eigenvalue weighted by Crippen LogP contribution is 2.27. The van der Waals surface area contributed by atoms with Crippen LogP contribution in [0.3, 0.4) is 0 Å². The van der Waals surface area contributed by atoms with Gasteiger partial charge in [-0.1, -0.05) is 11.6 Å². The number of hydrogen-bond donors (Lipinski definition) is 3. The van der Waals surface area contributed by atoms with Crippen LogP contribution in [0.2, 0.25) is 5.02 Å². The van der Waals surface area contributed by atoms with Crippen molar-refractivity contribution in [2.45, 2.75) is 6.92 Å². The van der Waals surface area contributed by atoms with E-state index in [0.717, 1.165) is 0 Å². The van der Waals surface area contributed by atoms with Gasteiger partial charge in [0.25, 0.3) is 11.8 Å². The van der Waals surface area contributed by atoms with E-state index in [9.17, 15) is 14.4 Å². The van der Waals surface area contributed by atoms with Crippen LogP contribution < -0.4 is 20.9 Å². The van der Waals surface area contributed by atoms with Gasteiger partial charge in [0.2, 0.25) is 5.91 Å². The van der Waals surface area contributed by atoms with Crippen LogP contribution in [0.1, 0.15) is 17.3 Å². The molecule has 0 aliphatic heterocycles. The Kier molecular flexibility index (Phi) is 6.99. The van der Waals surface area contributed by atoms with Gasteiger partial charge in [-0.3, -0.25) is 25.2 Å². The van der Waals surface area contributed by atoms with Gasteiger partial charge in [0, 0.05) is 23.2 Å². The average Bonchev–Trinajstić information content (AvgIpc) is 2.59. The van der Waals surface area contributed by atoms with Crippen LogP contribution in [0.4, 0.5) is 5.69 Å². The molecule has 2 aromatic rings. The molecule has 26 heavy (non-hydrogen) atoms. The molecule has 2 aromatic carbocycles. The molecule has 136 valence electrons. The maximum atomic E-state index is 12.0. The van der Waals surface area contributed by atoms with Crippen molar-refractivity contribution in [1.29, 1.82) is 0 Å². The lowest BCUT2D eigenvalue weighted by Gasteiger charge is -2.10. The Hall–Kier alpha value is -2.58. The first-order chi connectivity index (χ1) is 12.3. The van der Waals surface area contributed by atoms with Gasteiger partial charge in [-0.15, -0.1) is 0 Å². The maximum absolute atomic E-state index is 12.0. The van der Waals surface area contributed by atoms with Gasteiger partial charge in [-0.05, 0) is 58.4 Å². The minimum Gasteiger partial charge on any atom is -0.483 e. The van der Waals surface area contributed by atoms with E-state index in [-0.39, 0.29) is 12.5 Å². The third-order valence-electron chi connectivity index (χ3n) is 3.04. The highest BCUT2D eigenvalue weighted by atomic mass is 79.9. The number of ether oxygens (including phenoxy) is 1. The number of benzene rings is 2. The largest absolute Gasteiger partial charge is 0.483 e. The first-order valence-electron chi connectivity index (χ1n) is 7.40. The van der Waals surface area contributed by atoms with Gasteiger partial charge >= 0.3 is 0 Å². The number of rotatable bonds is 5. The fourth-order valence-corrected chi connectivity index (χ4v) is 2.68. The van der Waals surface area contributed by atoms with Gasteiger partial charge in [0.15, 0.2) is 6.61 Å². The van der Waals surface area contributed by atoms with Crippen molar-refractivity contribution < 1.29 is 19.1 Å². The number of carbonyl (C=O) groups excluding carboxylic acids is 3. The van der Waals surface area contributed by atoms with Gasteiger partial charge in [0.1, 0.15) is 5.75 Å². The molecule has 0 aliphatic rings. The number of hydrogen-bond acceptors (Lipinski definition) is 4. The predicted octanol–water partition coefficient (Wildman–Crippen LogP) is 2.90. The zero-order valence-electron chi connectivity index (χ0n) is 13.6. The molecular weight excluding hydrogens is 426 g/mol. The van der Waals surface area contributed by atoms with Crippen LogP contribution in [0, 0.1) is 0 Å². The molecule has 0 fully saturated rings. The monoisotopic (exact) mass is 439 g/mol. The molecule has 0 unspecified atom stereocenters. The molecule has 0 aliphatic carbocycles. The first kappa shape index (κ1) is 19.7. The number of nitrogens with one attached hydrogen (secondary N) is 3. The van der Waals surface area contributed by atoms with Crippen molar-refractivity contribution >= 4 is 50.9 Å². The summed E-state index contributed by atoms with van der Waals surface area (Å²) in [7, 11) is 0. The minimum atomic E-state index is -0.532. The lowest BCUT2D eigenvalue weighted by atomic mass is 10.2. The first-order valence-corrected chi connectivity index (χ1v) is 8.57. The summed E-state index contributed by atoms with van der Waals surface area (Å²) in [4.78, 5) is 34.7. The quantitative estimate of drug-likeness (QED) is 0.623. The van der Waals surface area contributed by atoms with Crippen LogP contribution in [0.5, 0.6) is 5.75 Å². The van der Waals surface area contributed by atoms with Gasteiger partial charge in [-0.2, -0.15) is 0 Å². The summed E-state index contributed by atoms with van der Waals surface area (Å²) < 4.78 is 5.95. The lowest BCUT2D eigenvalue weighted by Crippen LogP contribution is -2.43. The Labute approximate surface area is 163 Å². The van der Waals surface area contributed by atoms with Crippen molar-refractivity contribution in [1.82, 2.24) is 10.9 Å². The van der Waals surface area contributed by atoms with Crippen LogP contribution in [-0.2, 0) is 9.59 Å². The van der Waals surface area contributed by atoms with E-state index in [1.807, 2.05) is 0 Å². The molecule has 3 N–H and O–H groups in total. The molecule has 0 saturated carbocycles. The highest BCUT2D eigenvalue weighted by Gasteiger charge is 2.09. The van der Waals surface area contributed by atoms with Gasteiger partial charge in [0.05, 0.1) is 4.47 Å². The van der Waals surface area contributed by atoms with Crippen LogP contribution >= 0.6 is 27.5 Å². The van der Waals surface area contributed by atoms with E-state index < -0.39 is 11.8 Å². The van der Waals surface area contributed by atoms with E-state index in [1.54, 1.807) is 30.3 Å². The maximum Gasteiger partial charge on any atom is 0.276 e. The van der Waals surface area contributed by atoms with Crippen molar-refractivity contribution in [3.05, 3.63) is 57.5 Å². The molecule has 0 bridgehead atoms. The zero-order valence-corrected chi connectivity index (χ0v) is 16.0. The normalized spacial score (nSPS) is 9.96. The van der Waals surface area contributed by atoms with E-state index in [0.29, 0.717) is 26.5 Å². The Balaban J connectivity index is 1.81. The topological polar surface area (TPSA) is 96.5 Å². The smallest absolute Gasteiger partial charge is 0.276 e. The summed E-state index contributed by atoms with van der Waals surface area (Å²) in [6.07, 6.45) is 0. The van der Waals surface area contributed by atoms with E-state index in [4.69, 9.17) is 16.3 Å². The Morgan fingerprint density at radius 3 is 2.38 bits per heavy atom. The molecule has 0 heterocycles. The SMILES string of the molecule is CC(=O)Nc1ccc(C(=O)NNC(=O)COc2ccc(Cl)cc2Br)cc1. The lowest BCUT2D eigenvalue weighted by molar-refractivity contribution is -0.123. The second kappa shape index (κ2) is 9.21. The third-order valence-corrected chi connectivity index (χ3v) is 3.89. The summed E-state index contributed by atoms with van der Waals surface area (Å²) in [5.41, 5.74) is 5.42. The summed E-state index contributed by atoms with van der Waals surface area (Å²) in [6.45, 7) is 1.10. The molecular formula is C17H15BrClN3O4. The molecule has 2 rings (SSSR count). The van der Waals surface area contributed by atoms with E-state index in [2.05, 4.69) is 32.1 Å². The van der Waals surface area contributed by atoms with Crippen molar-refractivity contribution in [2.24, 2.45) is 0 Å². The van der Waals surface area contributed by atoms with Crippen molar-refractivity contribution in [3.63, 3.8) is 0 Å². The van der Waals surface area contributed by atoms with Crippen LogP contribution in [-0.4, -0.2) is 24.3 Å². The Morgan fingerprint density at radius 1 is 1.08 bits per heavy atom. The van der Waals surface area contributed by atoms with Crippen LogP contribution in [0.15, 0.2) is 46.9 Å². The molecule has 0 radical (unpaired) electrons. The number of hydrazine groups is 1. The van der Waals surface area contributed by atoms with Gasteiger partial charge in [-0.25, -0.2) is 0 Å². The second-order valence-corrected chi connectivity index (χ2v) is 6.42. The second-order valence-electron chi connectivity index (χ2n) is 5.12. The fraction of sp³-hybridized carbons (Fsp3) is 0.118. The molecule has 0 aromatic heterocycles. The predicted molar refractivity (Wildman–Crippen MR) is 101 cm³/mol. The molecule has 9 heteroatoms. The minimum absolute atomic E-state index is 0.207. The fourth-order valence-electron chi connectivity index (χ4n) is 1.88. The number of amides is 3. The Bertz CT molecular complexity index is 827. The summed E-state index contributed by atoms with van der Waals surface area (Å²) >= 11 is 9.10. The van der Waals surface area contributed by atoms with Crippen molar-refractivity contribution in [2.75, 3.05) is 11.9 Å². The summed E-state index contributed by atoms with van der Waals surface area (Å²) in [5, 5.41) is 3.13. The highest BCUT2D eigenvalue weighted by molar-refractivity contribution is 9.10. The molecule has 3 amide bonds. The molecule has 0 saturated heterocycles. The number of anilines is 1. The summed E-state index contributed by atoms with van der Waals surface area (Å²) in [5.74, 6) is -0.790. The van der Waals surface area contributed by atoms with Gasteiger partial charge < -0.3 is 10.1 Å². The average molecular weight is 441 g/mol. The van der Waals surface area contributed by atoms with E-state index in [1.165, 1.54) is 19.1 Å². The standard InChI is InChI=1S/C17H15BrClN3O4/c1-10(23)20-13-5-2-11(3-6-13)17(25)22-21-16(24)9-26-15-7-4-12(19)8-14(15)18/h2-8H,9H2,1H3,(H,20,23)(H,21,24)(H,22,25). The van der Waals surface area contributed by atoms with Crippen molar-refractivity contribution in [3.8, 4) is 5.75 Å². The Morgan fingerprint density at radius 2 is 1.77 bits per heavy atom. The molecule has 7 nitrogen and oxygen atoms in total. The third kappa shape index (κ3) is 6.05.